The lowest BCUT2D eigenvalue weighted by Gasteiger charge is -2.56. The van der Waals surface area contributed by atoms with Gasteiger partial charge in [-0.1, -0.05) is 24.3 Å². The van der Waals surface area contributed by atoms with E-state index in [2.05, 4.69) is 60.9 Å². The summed E-state index contributed by atoms with van der Waals surface area (Å²) in [6.07, 6.45) is 9.64. The fourth-order valence-corrected chi connectivity index (χ4v) is 13.4. The van der Waals surface area contributed by atoms with Crippen LogP contribution in [-0.4, -0.2) is 122 Å². The van der Waals surface area contributed by atoms with E-state index in [4.69, 9.17) is 19.2 Å². The molecule has 3 N–H and O–H groups in total. The van der Waals surface area contributed by atoms with Crippen LogP contribution in [0.3, 0.4) is 0 Å². The molecule has 2 bridgehead atoms. The molecule has 0 radical (unpaired) electrons. The topological polar surface area (TPSA) is 188 Å². The Morgan fingerprint density at radius 2 is 1.84 bits per heavy atom. The zero-order valence-corrected chi connectivity index (χ0v) is 39.2. The highest BCUT2D eigenvalue weighted by Crippen LogP contribution is 2.54. The average molecular weight is 944 g/mol. The number of rotatable bonds is 10. The number of aromatic amines is 1. The normalized spacial score (nSPS) is 25.6. The molecular weight excluding hydrogens is 887 g/mol. The number of hydrogen-bond acceptors (Lipinski definition) is 14. The van der Waals surface area contributed by atoms with Crippen molar-refractivity contribution in [2.75, 3.05) is 67.6 Å². The van der Waals surface area contributed by atoms with Gasteiger partial charge in [-0.15, -0.1) is 0 Å². The van der Waals surface area contributed by atoms with E-state index in [1.807, 2.05) is 36.1 Å². The minimum atomic E-state index is -4.66. The fraction of sp³-hybridized carbons (Fsp3) is 0.480. The predicted molar refractivity (Wildman–Crippen MR) is 257 cm³/mol. The molecule has 1 saturated carbocycles. The molecule has 0 unspecified atom stereocenters. The number of carbonyl (C=O) groups excluding carboxylic acids is 1. The molecule has 1 aliphatic carbocycles. The van der Waals surface area contributed by atoms with Gasteiger partial charge in [0.05, 0.1) is 46.4 Å². The summed E-state index contributed by atoms with van der Waals surface area (Å²) >= 11 is 0. The molecule has 17 nitrogen and oxygen atoms in total. The van der Waals surface area contributed by atoms with Crippen molar-refractivity contribution in [2.45, 2.75) is 100 Å². The number of morpholine rings is 1. The number of H-pyrrole nitrogens is 1. The summed E-state index contributed by atoms with van der Waals surface area (Å²) in [7, 11) is -4.66. The van der Waals surface area contributed by atoms with Gasteiger partial charge in [-0.05, 0) is 112 Å². The number of sulfonamides is 1. The van der Waals surface area contributed by atoms with E-state index in [1.165, 1.54) is 42.9 Å². The van der Waals surface area contributed by atoms with Crippen molar-refractivity contribution in [2.24, 2.45) is 5.41 Å². The third kappa shape index (κ3) is 7.69. The van der Waals surface area contributed by atoms with E-state index < -0.39 is 31.4 Å². The molecule has 356 valence electrons. The Bertz CT molecular complexity index is 2930. The first-order chi connectivity index (χ1) is 32.9. The van der Waals surface area contributed by atoms with E-state index in [0.29, 0.717) is 66.1 Å². The standard InChI is InChI=1S/C50H57N9O8S/c1-30-6-3-4-7-39(30)41-8-5-15-57(41)36-23-50(24-36)12-16-55(17-13-50)34-9-10-40(42(20-34)58-25-31(2)67-49-44(58)18-32-11-14-51-47(32)53-49)48(60)54-68(63,64)38-21-43(59(61)62)46-45(22-38)66-28-33(52-46)26-56-27-37-19-35(56)29-65-37/h3-4,6-7,9-11,14,18,20-22,31,33,35-37,41,52H,5,8,12-13,15-17,19,23-29H2,1-2H3,(H,51,53)(H,54,60)/t31-,33+,35-,37-,41+/m1/s1. The maximum Gasteiger partial charge on any atom is 0.297 e. The van der Waals surface area contributed by atoms with Gasteiger partial charge in [0.2, 0.25) is 5.88 Å². The van der Waals surface area contributed by atoms with Crippen molar-refractivity contribution in [3.05, 3.63) is 99.7 Å². The molecule has 1 spiro atoms. The van der Waals surface area contributed by atoms with Crippen molar-refractivity contribution < 1.29 is 32.3 Å². The Labute approximate surface area is 395 Å². The summed E-state index contributed by atoms with van der Waals surface area (Å²) in [6, 6.07) is 21.6. The number of likely N-dealkylation sites (tertiary alicyclic amines) is 2. The molecule has 2 aromatic heterocycles. The number of piperidine rings is 1. The molecule has 5 aromatic rings. The second kappa shape index (κ2) is 16.6. The molecule has 5 atom stereocenters. The number of nitro groups is 1. The number of nitrogens with zero attached hydrogens (tertiary/aromatic N) is 6. The highest BCUT2D eigenvalue weighted by atomic mass is 32.2. The minimum absolute atomic E-state index is 0.0327. The Hall–Kier alpha value is -5.95. The first-order valence-electron chi connectivity index (χ1n) is 24.1. The van der Waals surface area contributed by atoms with Crippen molar-refractivity contribution in [1.82, 2.24) is 24.5 Å². The third-order valence-electron chi connectivity index (χ3n) is 15.9. The van der Waals surface area contributed by atoms with Gasteiger partial charge in [0.1, 0.15) is 24.0 Å². The average Bonchev–Trinajstić information content (AvgIpc) is 4.16. The number of pyridine rings is 1. The number of ether oxygens (including phenoxy) is 3. The van der Waals surface area contributed by atoms with Gasteiger partial charge in [0.25, 0.3) is 21.6 Å². The van der Waals surface area contributed by atoms with Gasteiger partial charge < -0.3 is 34.3 Å². The molecule has 5 fully saturated rings. The molecule has 6 aliphatic heterocycles. The van der Waals surface area contributed by atoms with Gasteiger partial charge in [-0.25, -0.2) is 13.1 Å². The molecular formula is C50H57N9O8S. The van der Waals surface area contributed by atoms with Gasteiger partial charge in [0.15, 0.2) is 11.4 Å². The highest BCUT2D eigenvalue weighted by Gasteiger charge is 2.50. The number of amides is 1. The lowest BCUT2D eigenvalue weighted by Crippen LogP contribution is -2.54. The zero-order valence-electron chi connectivity index (χ0n) is 38.4. The molecule has 4 saturated heterocycles. The maximum absolute atomic E-state index is 14.5. The summed E-state index contributed by atoms with van der Waals surface area (Å²) < 4.78 is 48.7. The molecule has 1 amide bonds. The van der Waals surface area contributed by atoms with E-state index in [-0.39, 0.29) is 41.9 Å². The number of nitrogens with one attached hydrogen (secondary N) is 3. The summed E-state index contributed by atoms with van der Waals surface area (Å²) in [5.41, 5.74) is 5.65. The number of anilines is 4. The molecule has 12 rings (SSSR count). The first kappa shape index (κ1) is 43.3. The van der Waals surface area contributed by atoms with Crippen LogP contribution in [0, 0.1) is 22.5 Å². The van der Waals surface area contributed by atoms with Gasteiger partial charge >= 0.3 is 0 Å². The number of benzene rings is 3. The second-order valence-electron chi connectivity index (χ2n) is 20.2. The lowest BCUT2D eigenvalue weighted by atomic mass is 9.59. The molecule has 68 heavy (non-hydrogen) atoms. The predicted octanol–water partition coefficient (Wildman–Crippen LogP) is 7.05. The summed E-state index contributed by atoms with van der Waals surface area (Å²) in [6.45, 7) is 9.63. The van der Waals surface area contributed by atoms with Crippen LogP contribution >= 0.6 is 0 Å². The Morgan fingerprint density at radius 3 is 2.62 bits per heavy atom. The van der Waals surface area contributed by atoms with Gasteiger partial charge in [0, 0.05) is 73.7 Å². The van der Waals surface area contributed by atoms with Crippen molar-refractivity contribution in [3.63, 3.8) is 0 Å². The van der Waals surface area contributed by atoms with Crippen molar-refractivity contribution in [1.29, 1.82) is 0 Å². The number of aryl methyl sites for hydroxylation is 1. The number of nitro benzene ring substituents is 1. The van der Waals surface area contributed by atoms with Crippen LogP contribution < -0.4 is 29.3 Å². The summed E-state index contributed by atoms with van der Waals surface area (Å²) in [4.78, 5) is 43.3. The monoisotopic (exact) mass is 943 g/mol. The van der Waals surface area contributed by atoms with Crippen LogP contribution in [0.2, 0.25) is 0 Å². The first-order valence-corrected chi connectivity index (χ1v) is 25.6. The molecule has 3 aromatic carbocycles. The highest BCUT2D eigenvalue weighted by molar-refractivity contribution is 7.90. The van der Waals surface area contributed by atoms with Crippen LogP contribution in [0.4, 0.5) is 28.4 Å². The van der Waals surface area contributed by atoms with E-state index in [1.54, 1.807) is 12.3 Å². The quantitative estimate of drug-likeness (QED) is 0.0955. The van der Waals surface area contributed by atoms with Crippen LogP contribution in [0.15, 0.2) is 77.8 Å². The van der Waals surface area contributed by atoms with Crippen LogP contribution in [0.25, 0.3) is 11.0 Å². The van der Waals surface area contributed by atoms with Crippen molar-refractivity contribution >= 4 is 55.4 Å². The summed E-state index contributed by atoms with van der Waals surface area (Å²) in [5.74, 6) is -0.454. The Morgan fingerprint density at radius 1 is 1.00 bits per heavy atom. The molecule has 18 heteroatoms. The zero-order chi connectivity index (χ0) is 46.5. The van der Waals surface area contributed by atoms with E-state index >= 15 is 0 Å². The minimum Gasteiger partial charge on any atom is -0.489 e. The number of hydrogen-bond donors (Lipinski definition) is 3. The van der Waals surface area contributed by atoms with Crippen LogP contribution in [0.5, 0.6) is 11.6 Å². The lowest BCUT2D eigenvalue weighted by molar-refractivity contribution is -0.384. The third-order valence-corrected chi connectivity index (χ3v) is 17.2. The SMILES string of the molecule is Cc1ccccc1[C@@H]1CCCN1C1CC2(CCN(c3ccc(C(=O)NS(=O)(=O)c4cc5c(c([N+](=O)[O-])c4)N[C@@H](CN4C[C@H]6C[C@@H]4CO6)CO5)c(N4C[C@@H](C)Oc5nc6[nH]ccc6cc54)c3)CC2)C1. The van der Waals surface area contributed by atoms with Crippen molar-refractivity contribution in [3.8, 4) is 11.6 Å². The smallest absolute Gasteiger partial charge is 0.297 e. The summed E-state index contributed by atoms with van der Waals surface area (Å²) in [5, 5.41) is 16.6. The van der Waals surface area contributed by atoms with E-state index in [9.17, 15) is 23.3 Å². The van der Waals surface area contributed by atoms with E-state index in [0.717, 1.165) is 62.6 Å². The second-order valence-corrected chi connectivity index (χ2v) is 21.9. The maximum atomic E-state index is 14.5. The largest absolute Gasteiger partial charge is 0.489 e. The molecule has 7 aliphatic rings. The number of aromatic nitrogens is 2. The Kier molecular flexibility index (Phi) is 10.6. The fourth-order valence-electron chi connectivity index (χ4n) is 12.4. The van der Waals surface area contributed by atoms with Crippen LogP contribution in [0.1, 0.15) is 79.4 Å². The number of fused-ring (bicyclic) bond motifs is 5. The molecule has 8 heterocycles. The van der Waals surface area contributed by atoms with Gasteiger partial charge in [-0.3, -0.25) is 24.7 Å². The Balaban J connectivity index is 0.804. The van der Waals surface area contributed by atoms with Gasteiger partial charge in [-0.2, -0.15) is 4.98 Å². The number of carbonyl (C=O) groups is 1. The van der Waals surface area contributed by atoms with Crippen LogP contribution in [-0.2, 0) is 14.8 Å².